The van der Waals surface area contributed by atoms with E-state index in [1.54, 1.807) is 0 Å². The Balaban J connectivity index is 1.55. The second-order valence-corrected chi connectivity index (χ2v) is 7.19. The van der Waals surface area contributed by atoms with Crippen LogP contribution in [0, 0.1) is 0 Å². The lowest BCUT2D eigenvalue weighted by molar-refractivity contribution is -0.115. The molecule has 0 fully saturated rings. The van der Waals surface area contributed by atoms with Crippen LogP contribution >= 0.6 is 15.9 Å². The highest BCUT2D eigenvalue weighted by Crippen LogP contribution is 2.27. The van der Waals surface area contributed by atoms with Crippen molar-refractivity contribution in [3.63, 3.8) is 0 Å². The molecule has 5 nitrogen and oxygen atoms in total. The van der Waals surface area contributed by atoms with E-state index in [0.717, 1.165) is 21.2 Å². The van der Waals surface area contributed by atoms with Crippen LogP contribution in [-0.4, -0.2) is 21.1 Å². The van der Waals surface area contributed by atoms with Crippen molar-refractivity contribution in [2.24, 2.45) is 0 Å². The van der Waals surface area contributed by atoms with Gasteiger partial charge in [-0.25, -0.2) is 4.98 Å². The van der Waals surface area contributed by atoms with Crippen molar-refractivity contribution in [2.75, 3.05) is 5.32 Å². The molecule has 4 rings (SSSR count). The zero-order valence-electron chi connectivity index (χ0n) is 14.9. The Bertz CT molecular complexity index is 1090. The molecule has 6 heteroatoms. The van der Waals surface area contributed by atoms with Crippen molar-refractivity contribution >= 4 is 27.5 Å². The van der Waals surface area contributed by atoms with Crippen LogP contribution in [0.3, 0.4) is 0 Å². The number of nitrogens with zero attached hydrogens (tertiary/aromatic N) is 2. The lowest BCUT2D eigenvalue weighted by atomic mass is 10.1. The Hall–Kier alpha value is -3.25. The Kier molecular flexibility index (Phi) is 5.30. The normalized spacial score (nSPS) is 10.6. The highest BCUT2D eigenvalue weighted by molar-refractivity contribution is 9.10. The summed E-state index contributed by atoms with van der Waals surface area (Å²) < 4.78 is 0.988. The molecule has 1 aromatic heterocycles. The van der Waals surface area contributed by atoms with Gasteiger partial charge in [0.25, 0.3) is 0 Å². The summed E-state index contributed by atoms with van der Waals surface area (Å²) in [5.74, 6) is 1.14. The van der Waals surface area contributed by atoms with Crippen LogP contribution in [0.2, 0.25) is 0 Å². The molecule has 0 spiro atoms. The fourth-order valence-electron chi connectivity index (χ4n) is 2.88. The number of amides is 1. The molecule has 0 saturated heterocycles. The van der Waals surface area contributed by atoms with Gasteiger partial charge in [0, 0.05) is 15.6 Å². The molecule has 0 aliphatic carbocycles. The second-order valence-electron chi connectivity index (χ2n) is 6.27. The quantitative estimate of drug-likeness (QED) is 0.461. The van der Waals surface area contributed by atoms with Crippen LogP contribution in [0.25, 0.3) is 22.8 Å². The third-order valence-electron chi connectivity index (χ3n) is 4.25. The molecule has 28 heavy (non-hydrogen) atoms. The fourth-order valence-corrected chi connectivity index (χ4v) is 3.14. The molecule has 0 atom stereocenters. The average Bonchev–Trinajstić information content (AvgIpc) is 3.21. The number of para-hydroxylation sites is 1. The number of nitrogens with one attached hydrogen (secondary N) is 2. The number of hydrogen-bond acceptors (Lipinski definition) is 3. The first-order valence-corrected chi connectivity index (χ1v) is 9.60. The Morgan fingerprint density at radius 3 is 2.43 bits per heavy atom. The minimum absolute atomic E-state index is 0.0856. The van der Waals surface area contributed by atoms with E-state index in [4.69, 9.17) is 0 Å². The van der Waals surface area contributed by atoms with Crippen molar-refractivity contribution in [2.45, 2.75) is 6.42 Å². The number of aromatic amines is 1. The van der Waals surface area contributed by atoms with Crippen LogP contribution in [0.4, 0.5) is 5.69 Å². The molecule has 2 N–H and O–H groups in total. The van der Waals surface area contributed by atoms with Gasteiger partial charge in [0.1, 0.15) is 0 Å². The summed E-state index contributed by atoms with van der Waals surface area (Å²) in [6, 6.07) is 25.0. The monoisotopic (exact) mass is 432 g/mol. The number of carbonyl (C=O) groups excluding carboxylic acids is 1. The van der Waals surface area contributed by atoms with Gasteiger partial charge in [-0.2, -0.15) is 5.10 Å². The van der Waals surface area contributed by atoms with E-state index in [-0.39, 0.29) is 5.91 Å². The van der Waals surface area contributed by atoms with Gasteiger partial charge >= 0.3 is 0 Å². The molecule has 138 valence electrons. The molecule has 1 amide bonds. The number of aromatic nitrogens is 3. The summed E-state index contributed by atoms with van der Waals surface area (Å²) in [6.45, 7) is 0. The number of hydrogen-bond donors (Lipinski definition) is 2. The summed E-state index contributed by atoms with van der Waals surface area (Å²) in [6.07, 6.45) is 0.299. The molecular formula is C22H17BrN4O. The van der Waals surface area contributed by atoms with E-state index in [0.29, 0.717) is 23.8 Å². The number of halogens is 1. The van der Waals surface area contributed by atoms with E-state index in [1.165, 1.54) is 0 Å². The predicted molar refractivity (Wildman–Crippen MR) is 114 cm³/mol. The van der Waals surface area contributed by atoms with E-state index in [1.807, 2.05) is 78.9 Å². The molecule has 0 aliphatic heterocycles. The van der Waals surface area contributed by atoms with Crippen LogP contribution in [0.5, 0.6) is 0 Å². The third-order valence-corrected chi connectivity index (χ3v) is 4.78. The van der Waals surface area contributed by atoms with Crippen molar-refractivity contribution in [1.82, 2.24) is 15.2 Å². The number of carbonyl (C=O) groups is 1. The van der Waals surface area contributed by atoms with E-state index in [2.05, 4.69) is 36.4 Å². The zero-order valence-corrected chi connectivity index (χ0v) is 16.5. The maximum atomic E-state index is 12.5. The minimum Gasteiger partial charge on any atom is -0.325 e. The first-order chi connectivity index (χ1) is 13.7. The molecule has 1 heterocycles. The van der Waals surface area contributed by atoms with Crippen molar-refractivity contribution in [3.8, 4) is 22.8 Å². The molecule has 0 unspecified atom stereocenters. The Labute approximate surface area is 171 Å². The van der Waals surface area contributed by atoms with Crippen LogP contribution in [0.15, 0.2) is 83.3 Å². The molecule has 0 radical (unpaired) electrons. The first-order valence-electron chi connectivity index (χ1n) is 8.80. The van der Waals surface area contributed by atoms with Gasteiger partial charge in [0.2, 0.25) is 5.91 Å². The maximum Gasteiger partial charge on any atom is 0.228 e. The highest BCUT2D eigenvalue weighted by atomic mass is 79.9. The summed E-state index contributed by atoms with van der Waals surface area (Å²) in [4.78, 5) is 17.1. The molecule has 0 aliphatic rings. The number of rotatable bonds is 5. The Morgan fingerprint density at radius 2 is 1.64 bits per heavy atom. The lowest BCUT2D eigenvalue weighted by Crippen LogP contribution is -2.15. The number of H-pyrrole nitrogens is 1. The third kappa shape index (κ3) is 4.18. The van der Waals surface area contributed by atoms with Gasteiger partial charge in [-0.05, 0) is 29.8 Å². The van der Waals surface area contributed by atoms with Gasteiger partial charge in [-0.15, -0.1) is 0 Å². The van der Waals surface area contributed by atoms with Crippen LogP contribution < -0.4 is 5.32 Å². The largest absolute Gasteiger partial charge is 0.325 e. The topological polar surface area (TPSA) is 70.7 Å². The van der Waals surface area contributed by atoms with Gasteiger partial charge in [0.15, 0.2) is 11.6 Å². The Morgan fingerprint density at radius 1 is 0.929 bits per heavy atom. The van der Waals surface area contributed by atoms with Crippen molar-refractivity contribution in [1.29, 1.82) is 0 Å². The van der Waals surface area contributed by atoms with Gasteiger partial charge in [0.05, 0.1) is 12.1 Å². The van der Waals surface area contributed by atoms with Crippen LogP contribution in [-0.2, 0) is 11.2 Å². The second kappa shape index (κ2) is 8.19. The van der Waals surface area contributed by atoms with Crippen molar-refractivity contribution in [3.05, 3.63) is 88.9 Å². The average molecular weight is 433 g/mol. The summed E-state index contributed by atoms with van der Waals surface area (Å²) in [5, 5.41) is 10.3. The lowest BCUT2D eigenvalue weighted by Gasteiger charge is -2.09. The van der Waals surface area contributed by atoms with Crippen LogP contribution in [0.1, 0.15) is 5.56 Å². The molecule has 0 saturated carbocycles. The predicted octanol–water partition coefficient (Wildman–Crippen LogP) is 5.08. The smallest absolute Gasteiger partial charge is 0.228 e. The molecule has 4 aromatic rings. The number of anilines is 1. The maximum absolute atomic E-state index is 12.5. The summed E-state index contributed by atoms with van der Waals surface area (Å²) in [7, 11) is 0. The fraction of sp³-hybridized carbons (Fsp3) is 0.0455. The van der Waals surface area contributed by atoms with Crippen molar-refractivity contribution < 1.29 is 4.79 Å². The van der Waals surface area contributed by atoms with E-state index in [9.17, 15) is 4.79 Å². The standard InChI is InChI=1S/C22H17BrN4O/c23-17-12-10-15(11-13-17)14-20(28)24-19-9-5-4-8-18(19)22-25-21(26-27-22)16-6-2-1-3-7-16/h1-13H,14H2,(H,24,28)(H,25,26,27). The summed E-state index contributed by atoms with van der Waals surface area (Å²) in [5.41, 5.74) is 3.37. The number of benzene rings is 3. The molecular weight excluding hydrogens is 416 g/mol. The molecule has 3 aromatic carbocycles. The van der Waals surface area contributed by atoms with E-state index >= 15 is 0 Å². The molecule has 0 bridgehead atoms. The zero-order chi connectivity index (χ0) is 19.3. The highest BCUT2D eigenvalue weighted by Gasteiger charge is 2.13. The summed E-state index contributed by atoms with van der Waals surface area (Å²) >= 11 is 3.40. The van der Waals surface area contributed by atoms with Gasteiger partial charge in [-0.1, -0.05) is 70.5 Å². The van der Waals surface area contributed by atoms with Gasteiger partial charge < -0.3 is 5.32 Å². The van der Waals surface area contributed by atoms with Gasteiger partial charge in [-0.3, -0.25) is 9.89 Å². The first kappa shape index (κ1) is 18.1. The minimum atomic E-state index is -0.0856. The van der Waals surface area contributed by atoms with E-state index < -0.39 is 0 Å². The SMILES string of the molecule is O=C(Cc1ccc(Br)cc1)Nc1ccccc1-c1nc(-c2ccccc2)n[nH]1.